The number of nitrogens with zero attached hydrogens (tertiary/aromatic N) is 2. The zero-order valence-electron chi connectivity index (χ0n) is 15.8. The average Bonchev–Trinajstić information content (AvgIpc) is 3.18. The summed E-state index contributed by atoms with van der Waals surface area (Å²) in [6.45, 7) is 2.59. The number of carbonyl (C=O) groups is 1. The van der Waals surface area contributed by atoms with Crippen molar-refractivity contribution >= 4 is 27.5 Å². The van der Waals surface area contributed by atoms with Gasteiger partial charge in [0, 0.05) is 31.5 Å². The molecule has 0 radical (unpaired) electrons. The van der Waals surface area contributed by atoms with Gasteiger partial charge in [0.25, 0.3) is 5.56 Å². The number of unbranched alkanes of at least 4 members (excludes halogenated alkanes) is 1. The molecule has 2 aliphatic rings. The van der Waals surface area contributed by atoms with E-state index in [1.54, 1.807) is 10.6 Å². The molecule has 7 heteroatoms. The van der Waals surface area contributed by atoms with Crippen molar-refractivity contribution in [3.05, 3.63) is 27.4 Å². The summed E-state index contributed by atoms with van der Waals surface area (Å²) in [5.74, 6) is -0.935. The first kappa shape index (κ1) is 18.5. The van der Waals surface area contributed by atoms with Crippen molar-refractivity contribution in [2.24, 2.45) is 0 Å². The summed E-state index contributed by atoms with van der Waals surface area (Å²) in [6, 6.07) is 2.63. The molecule has 2 bridgehead atoms. The summed E-state index contributed by atoms with van der Waals surface area (Å²) >= 11 is 1.40. The van der Waals surface area contributed by atoms with Crippen molar-refractivity contribution in [1.29, 1.82) is 0 Å². The van der Waals surface area contributed by atoms with E-state index in [4.69, 9.17) is 4.74 Å². The van der Waals surface area contributed by atoms with E-state index in [-0.39, 0.29) is 17.4 Å². The highest BCUT2D eigenvalue weighted by Crippen LogP contribution is 2.36. The van der Waals surface area contributed by atoms with Crippen LogP contribution in [0.15, 0.2) is 16.2 Å². The molecule has 2 fully saturated rings. The molecule has 4 rings (SSSR count). The number of piperidine rings is 1. The molecule has 0 saturated carbocycles. The fourth-order valence-electron chi connectivity index (χ4n) is 4.53. The summed E-state index contributed by atoms with van der Waals surface area (Å²) in [5, 5.41) is 13.0. The first-order valence-corrected chi connectivity index (χ1v) is 10.6. The second-order valence-electron chi connectivity index (χ2n) is 7.72. The van der Waals surface area contributed by atoms with Crippen LogP contribution >= 0.6 is 11.3 Å². The Morgan fingerprint density at radius 2 is 2.04 bits per heavy atom. The van der Waals surface area contributed by atoms with Gasteiger partial charge in [0.15, 0.2) is 5.56 Å². The molecule has 0 aromatic carbocycles. The van der Waals surface area contributed by atoms with Gasteiger partial charge in [-0.05, 0) is 37.8 Å². The maximum Gasteiger partial charge on any atom is 0.347 e. The molecule has 1 N–H and O–H groups in total. The monoisotopic (exact) mass is 390 g/mol. The Labute approximate surface area is 162 Å². The Hall–Kier alpha value is -1.86. The summed E-state index contributed by atoms with van der Waals surface area (Å²) in [7, 11) is 2.13. The molecule has 0 unspecified atom stereocenters. The van der Waals surface area contributed by atoms with Crippen LogP contribution in [0.5, 0.6) is 5.75 Å². The molecule has 2 aliphatic heterocycles. The van der Waals surface area contributed by atoms with Crippen molar-refractivity contribution in [3.63, 3.8) is 0 Å². The number of hydrogen-bond acceptors (Lipinski definition) is 6. The minimum Gasteiger partial charge on any atom is -0.506 e. The average molecular weight is 391 g/mol. The Morgan fingerprint density at radius 3 is 2.70 bits per heavy atom. The van der Waals surface area contributed by atoms with Gasteiger partial charge < -0.3 is 14.7 Å². The summed E-state index contributed by atoms with van der Waals surface area (Å²) in [6.07, 6.45) is 5.44. The number of aryl methyl sites for hydroxylation is 1. The third-order valence-corrected chi connectivity index (χ3v) is 7.04. The highest BCUT2D eigenvalue weighted by molar-refractivity contribution is 7.16. The number of hydrogen-bond donors (Lipinski definition) is 1. The molecule has 6 nitrogen and oxygen atoms in total. The van der Waals surface area contributed by atoms with Crippen molar-refractivity contribution < 1.29 is 14.6 Å². The summed E-state index contributed by atoms with van der Waals surface area (Å²) in [4.78, 5) is 28.9. The van der Waals surface area contributed by atoms with Crippen LogP contribution in [0, 0.1) is 0 Å². The van der Waals surface area contributed by atoms with Crippen LogP contribution in [0.1, 0.15) is 55.8 Å². The molecule has 146 valence electrons. The van der Waals surface area contributed by atoms with E-state index in [2.05, 4.69) is 18.9 Å². The highest BCUT2D eigenvalue weighted by atomic mass is 32.1. The molecule has 27 heavy (non-hydrogen) atoms. The lowest BCUT2D eigenvalue weighted by molar-refractivity contribution is -0.000858. The summed E-state index contributed by atoms with van der Waals surface area (Å²) in [5.41, 5.74) is -0.667. The van der Waals surface area contributed by atoms with Gasteiger partial charge in [-0.15, -0.1) is 11.3 Å². The fourth-order valence-corrected chi connectivity index (χ4v) is 5.45. The number of ether oxygens (including phenoxy) is 1. The molecule has 2 aromatic heterocycles. The maximum absolute atomic E-state index is 13.0. The van der Waals surface area contributed by atoms with E-state index in [1.165, 1.54) is 11.3 Å². The molecule has 4 heterocycles. The Balaban J connectivity index is 1.64. The molecule has 2 saturated heterocycles. The van der Waals surface area contributed by atoms with Gasteiger partial charge in [-0.3, -0.25) is 9.36 Å². The summed E-state index contributed by atoms with van der Waals surface area (Å²) < 4.78 is 7.33. The van der Waals surface area contributed by atoms with Crippen molar-refractivity contribution in [1.82, 2.24) is 9.47 Å². The Kier molecular flexibility index (Phi) is 4.99. The van der Waals surface area contributed by atoms with Crippen LogP contribution in [-0.2, 0) is 11.3 Å². The van der Waals surface area contributed by atoms with Crippen molar-refractivity contribution in [3.8, 4) is 5.75 Å². The third-order valence-electron chi connectivity index (χ3n) is 6.11. The second-order valence-corrected chi connectivity index (χ2v) is 8.62. The van der Waals surface area contributed by atoms with Gasteiger partial charge in [0.1, 0.15) is 16.7 Å². The number of fused-ring (bicyclic) bond motifs is 3. The zero-order chi connectivity index (χ0) is 19.1. The zero-order valence-corrected chi connectivity index (χ0v) is 16.6. The SMILES string of the molecule is CCCCn1c(=O)c(C(=O)O[C@H]2C[C@H]3CC[C@@H](C2)N3C)c(O)c2ccsc21. The number of aromatic nitrogens is 1. The lowest BCUT2D eigenvalue weighted by atomic mass is 10.0. The molecule has 3 atom stereocenters. The number of rotatable bonds is 5. The third kappa shape index (κ3) is 3.17. The van der Waals surface area contributed by atoms with E-state index in [0.717, 1.165) is 38.5 Å². The maximum atomic E-state index is 13.0. The van der Waals surface area contributed by atoms with Crippen LogP contribution in [0.2, 0.25) is 0 Å². The standard InChI is InChI=1S/C20H26N2O4S/c1-3-4-8-22-18(24)16(17(23)15-7-9-27-19(15)22)20(25)26-14-10-12-5-6-13(11-14)21(12)2/h7,9,12-14,23H,3-6,8,10-11H2,1-2H3/t12-,13+,14+. The van der Waals surface area contributed by atoms with E-state index < -0.39 is 11.5 Å². The van der Waals surface area contributed by atoms with Crippen molar-refractivity contribution in [2.75, 3.05) is 7.05 Å². The van der Waals surface area contributed by atoms with Crippen LogP contribution in [-0.4, -0.2) is 45.8 Å². The Bertz CT molecular complexity index is 905. The number of aromatic hydroxyl groups is 1. The highest BCUT2D eigenvalue weighted by Gasteiger charge is 2.40. The molecular formula is C20H26N2O4S. The smallest absolute Gasteiger partial charge is 0.347 e. The van der Waals surface area contributed by atoms with E-state index >= 15 is 0 Å². The fraction of sp³-hybridized carbons (Fsp3) is 0.600. The molecule has 0 amide bonds. The number of thiophene rings is 1. The van der Waals surface area contributed by atoms with Crippen LogP contribution in [0.25, 0.3) is 10.2 Å². The van der Waals surface area contributed by atoms with Crippen LogP contribution in [0.4, 0.5) is 0 Å². The van der Waals surface area contributed by atoms with E-state index in [9.17, 15) is 14.7 Å². The van der Waals surface area contributed by atoms with E-state index in [1.807, 2.05) is 5.38 Å². The van der Waals surface area contributed by atoms with Gasteiger partial charge in [-0.2, -0.15) is 0 Å². The normalized spacial score (nSPS) is 25.2. The topological polar surface area (TPSA) is 71.8 Å². The molecular weight excluding hydrogens is 364 g/mol. The number of carbonyl (C=O) groups excluding carboxylic acids is 1. The quantitative estimate of drug-likeness (QED) is 0.793. The lowest BCUT2D eigenvalue weighted by Gasteiger charge is -2.35. The number of esters is 1. The minimum atomic E-state index is -0.690. The predicted molar refractivity (Wildman–Crippen MR) is 106 cm³/mol. The van der Waals surface area contributed by atoms with Gasteiger partial charge >= 0.3 is 5.97 Å². The molecule has 2 aromatic rings. The molecule has 0 aliphatic carbocycles. The van der Waals surface area contributed by atoms with Crippen LogP contribution < -0.4 is 5.56 Å². The minimum absolute atomic E-state index is 0.188. The van der Waals surface area contributed by atoms with Gasteiger partial charge in [0.2, 0.25) is 0 Å². The largest absolute Gasteiger partial charge is 0.506 e. The van der Waals surface area contributed by atoms with Gasteiger partial charge in [0.05, 0.1) is 5.39 Å². The van der Waals surface area contributed by atoms with E-state index in [0.29, 0.717) is 28.8 Å². The predicted octanol–water partition coefficient (Wildman–Crippen LogP) is 3.35. The van der Waals surface area contributed by atoms with Gasteiger partial charge in [-0.25, -0.2) is 4.79 Å². The lowest BCUT2D eigenvalue weighted by Crippen LogP contribution is -2.43. The first-order valence-electron chi connectivity index (χ1n) is 9.77. The number of pyridine rings is 1. The van der Waals surface area contributed by atoms with Gasteiger partial charge in [-0.1, -0.05) is 13.3 Å². The van der Waals surface area contributed by atoms with Crippen molar-refractivity contribution in [2.45, 2.75) is 70.2 Å². The first-order chi connectivity index (χ1) is 13.0. The Morgan fingerprint density at radius 1 is 1.33 bits per heavy atom. The van der Waals surface area contributed by atoms with Crippen LogP contribution in [0.3, 0.4) is 0 Å². The molecule has 0 spiro atoms. The second kappa shape index (κ2) is 7.28.